The molecule has 0 bridgehead atoms. The van der Waals surface area contributed by atoms with Gasteiger partial charge >= 0.3 is 6.61 Å². The molecule has 0 saturated carbocycles. The van der Waals surface area contributed by atoms with Gasteiger partial charge in [-0.25, -0.2) is 0 Å². The van der Waals surface area contributed by atoms with Crippen LogP contribution >= 0.6 is 0 Å². The van der Waals surface area contributed by atoms with Crippen LogP contribution in [0.15, 0.2) is 48.5 Å². The second-order valence-electron chi connectivity index (χ2n) is 7.16. The van der Waals surface area contributed by atoms with Crippen molar-refractivity contribution in [3.63, 3.8) is 0 Å². The summed E-state index contributed by atoms with van der Waals surface area (Å²) in [5.41, 5.74) is 1.46. The molecule has 1 heterocycles. The number of hydrogen-bond acceptors (Lipinski definition) is 5. The van der Waals surface area contributed by atoms with Gasteiger partial charge < -0.3 is 19.7 Å². The number of nitrogens with zero attached hydrogens (tertiary/aromatic N) is 2. The van der Waals surface area contributed by atoms with Gasteiger partial charge in [0.2, 0.25) is 0 Å². The van der Waals surface area contributed by atoms with Gasteiger partial charge in [0.1, 0.15) is 0 Å². The van der Waals surface area contributed by atoms with Crippen LogP contribution in [0.3, 0.4) is 0 Å². The molecule has 2 aromatic rings. The third-order valence-electron chi connectivity index (χ3n) is 5.26. The second kappa shape index (κ2) is 10.2. The molecule has 30 heavy (non-hydrogen) atoms. The van der Waals surface area contributed by atoms with E-state index in [1.54, 1.807) is 0 Å². The average molecular weight is 419 g/mol. The van der Waals surface area contributed by atoms with Crippen LogP contribution in [0.2, 0.25) is 0 Å². The van der Waals surface area contributed by atoms with Gasteiger partial charge in [-0.05, 0) is 37.3 Å². The monoisotopic (exact) mass is 419 g/mol. The highest BCUT2D eigenvalue weighted by Gasteiger charge is 2.22. The minimum atomic E-state index is -2.99. The van der Waals surface area contributed by atoms with E-state index in [4.69, 9.17) is 4.74 Å². The van der Waals surface area contributed by atoms with E-state index >= 15 is 0 Å². The molecular weight excluding hydrogens is 392 g/mol. The maximum absolute atomic E-state index is 12.6. The summed E-state index contributed by atoms with van der Waals surface area (Å²) in [6, 6.07) is 14.7. The number of alkyl halides is 2. The fourth-order valence-electron chi connectivity index (χ4n) is 3.54. The van der Waals surface area contributed by atoms with E-state index in [9.17, 15) is 13.6 Å². The Morgan fingerprint density at radius 3 is 2.40 bits per heavy atom. The van der Waals surface area contributed by atoms with Gasteiger partial charge in [-0.2, -0.15) is 8.78 Å². The van der Waals surface area contributed by atoms with Crippen LogP contribution in [0, 0.1) is 0 Å². The van der Waals surface area contributed by atoms with Crippen LogP contribution in [-0.4, -0.2) is 63.3 Å². The Morgan fingerprint density at radius 1 is 1.07 bits per heavy atom. The molecule has 3 rings (SSSR count). The zero-order chi connectivity index (χ0) is 21.5. The SMILES string of the molecule is COc1ccc(C(=O)NCC(C)N2CCN(c3ccccc3)CC2)cc1OC(F)F. The molecule has 0 aromatic heterocycles. The summed E-state index contributed by atoms with van der Waals surface area (Å²) in [7, 11) is 1.35. The molecule has 8 heteroatoms. The summed E-state index contributed by atoms with van der Waals surface area (Å²) in [6.45, 7) is 3.19. The molecule has 162 valence electrons. The summed E-state index contributed by atoms with van der Waals surface area (Å²) in [6.07, 6.45) is 0. The van der Waals surface area contributed by atoms with Crippen molar-refractivity contribution in [1.29, 1.82) is 0 Å². The Labute approximate surface area is 175 Å². The molecule has 1 aliphatic heterocycles. The number of benzene rings is 2. The van der Waals surface area contributed by atoms with Crippen molar-refractivity contribution in [2.24, 2.45) is 0 Å². The molecule has 1 N–H and O–H groups in total. The number of hydrogen-bond donors (Lipinski definition) is 1. The van der Waals surface area contributed by atoms with E-state index in [0.29, 0.717) is 6.54 Å². The predicted octanol–water partition coefficient (Wildman–Crippen LogP) is 3.24. The number of methoxy groups -OCH3 is 1. The number of halogens is 2. The van der Waals surface area contributed by atoms with E-state index in [1.807, 2.05) is 18.2 Å². The lowest BCUT2D eigenvalue weighted by atomic mass is 10.1. The molecule has 1 saturated heterocycles. The fraction of sp³-hybridized carbons (Fsp3) is 0.409. The van der Waals surface area contributed by atoms with E-state index in [2.05, 4.69) is 38.9 Å². The van der Waals surface area contributed by atoms with Gasteiger partial charge in [-0.1, -0.05) is 18.2 Å². The van der Waals surface area contributed by atoms with Crippen LogP contribution < -0.4 is 19.7 Å². The number of piperazine rings is 1. The van der Waals surface area contributed by atoms with Crippen molar-refractivity contribution in [2.75, 3.05) is 44.7 Å². The maximum atomic E-state index is 12.6. The van der Waals surface area contributed by atoms with Crippen LogP contribution in [0.25, 0.3) is 0 Å². The third-order valence-corrected chi connectivity index (χ3v) is 5.26. The summed E-state index contributed by atoms with van der Waals surface area (Å²) in [5.74, 6) is -0.353. The Balaban J connectivity index is 1.51. The minimum Gasteiger partial charge on any atom is -0.493 e. The number of rotatable bonds is 8. The number of amides is 1. The number of ether oxygens (including phenoxy) is 2. The molecule has 1 unspecified atom stereocenters. The Morgan fingerprint density at radius 2 is 1.77 bits per heavy atom. The maximum Gasteiger partial charge on any atom is 0.387 e. The normalized spacial score (nSPS) is 15.7. The highest BCUT2D eigenvalue weighted by atomic mass is 19.3. The Kier molecular flexibility index (Phi) is 7.46. The number of nitrogens with one attached hydrogen (secondary N) is 1. The first-order chi connectivity index (χ1) is 14.5. The number of para-hydroxylation sites is 1. The van der Waals surface area contributed by atoms with E-state index < -0.39 is 6.61 Å². The van der Waals surface area contributed by atoms with Gasteiger partial charge in [-0.15, -0.1) is 0 Å². The molecule has 0 radical (unpaired) electrons. The van der Waals surface area contributed by atoms with E-state index in [1.165, 1.54) is 31.0 Å². The lowest BCUT2D eigenvalue weighted by Crippen LogP contribution is -2.52. The second-order valence-corrected chi connectivity index (χ2v) is 7.16. The molecule has 0 spiro atoms. The van der Waals surface area contributed by atoms with Gasteiger partial charge in [0.25, 0.3) is 5.91 Å². The van der Waals surface area contributed by atoms with Crippen molar-refractivity contribution in [1.82, 2.24) is 10.2 Å². The molecular formula is C22H27F2N3O3. The number of carbonyl (C=O) groups is 1. The van der Waals surface area contributed by atoms with Crippen molar-refractivity contribution < 1.29 is 23.0 Å². The smallest absolute Gasteiger partial charge is 0.387 e. The molecule has 1 amide bonds. The third kappa shape index (κ3) is 5.60. The fourth-order valence-corrected chi connectivity index (χ4v) is 3.54. The van der Waals surface area contributed by atoms with E-state index in [0.717, 1.165) is 26.2 Å². The predicted molar refractivity (Wildman–Crippen MR) is 112 cm³/mol. The average Bonchev–Trinajstić information content (AvgIpc) is 2.77. The molecule has 1 atom stereocenters. The Hall–Kier alpha value is -2.87. The quantitative estimate of drug-likeness (QED) is 0.712. The van der Waals surface area contributed by atoms with Crippen LogP contribution in [0.1, 0.15) is 17.3 Å². The largest absolute Gasteiger partial charge is 0.493 e. The summed E-state index contributed by atoms with van der Waals surface area (Å²) < 4.78 is 34.6. The van der Waals surface area contributed by atoms with Crippen LogP contribution in [0.5, 0.6) is 11.5 Å². The first-order valence-electron chi connectivity index (χ1n) is 9.93. The lowest BCUT2D eigenvalue weighted by Gasteiger charge is -2.39. The highest BCUT2D eigenvalue weighted by Crippen LogP contribution is 2.29. The topological polar surface area (TPSA) is 54.0 Å². The van der Waals surface area contributed by atoms with Crippen molar-refractivity contribution in [2.45, 2.75) is 19.6 Å². The number of carbonyl (C=O) groups excluding carboxylic acids is 1. The highest BCUT2D eigenvalue weighted by molar-refractivity contribution is 5.94. The number of anilines is 1. The lowest BCUT2D eigenvalue weighted by molar-refractivity contribution is -0.0512. The molecule has 6 nitrogen and oxygen atoms in total. The van der Waals surface area contributed by atoms with Gasteiger partial charge in [0.15, 0.2) is 11.5 Å². The summed E-state index contributed by atoms with van der Waals surface area (Å²) in [5, 5.41) is 2.88. The molecule has 1 aliphatic rings. The van der Waals surface area contributed by atoms with Gasteiger partial charge in [0.05, 0.1) is 7.11 Å². The zero-order valence-corrected chi connectivity index (χ0v) is 17.2. The standard InChI is InChI=1S/C22H27F2N3O3/c1-16(26-10-12-27(13-11-26)18-6-4-3-5-7-18)15-25-21(28)17-8-9-19(29-2)20(14-17)30-22(23)24/h3-9,14,16,22H,10-13,15H2,1-2H3,(H,25,28). The molecule has 0 aliphatic carbocycles. The molecule has 1 fully saturated rings. The summed E-state index contributed by atoms with van der Waals surface area (Å²) in [4.78, 5) is 17.2. The summed E-state index contributed by atoms with van der Waals surface area (Å²) >= 11 is 0. The van der Waals surface area contributed by atoms with Crippen LogP contribution in [-0.2, 0) is 0 Å². The first-order valence-corrected chi connectivity index (χ1v) is 9.93. The Bertz CT molecular complexity index is 828. The van der Waals surface area contributed by atoms with Gasteiger partial charge in [0, 0.05) is 50.0 Å². The first kappa shape index (κ1) is 21.8. The van der Waals surface area contributed by atoms with E-state index in [-0.39, 0.29) is 29.0 Å². The van der Waals surface area contributed by atoms with Crippen molar-refractivity contribution in [3.05, 3.63) is 54.1 Å². The zero-order valence-electron chi connectivity index (χ0n) is 17.2. The van der Waals surface area contributed by atoms with Crippen LogP contribution in [0.4, 0.5) is 14.5 Å². The van der Waals surface area contributed by atoms with Crippen molar-refractivity contribution >= 4 is 11.6 Å². The van der Waals surface area contributed by atoms with Gasteiger partial charge in [-0.3, -0.25) is 9.69 Å². The minimum absolute atomic E-state index is 0.150. The molecule has 2 aromatic carbocycles. The van der Waals surface area contributed by atoms with Crippen molar-refractivity contribution in [3.8, 4) is 11.5 Å².